The van der Waals surface area contributed by atoms with Crippen LogP contribution >= 0.6 is 11.6 Å². The minimum atomic E-state index is -0.223. The smallest absolute Gasteiger partial charge is 0.134 e. The predicted octanol–water partition coefficient (Wildman–Crippen LogP) is 3.27. The summed E-state index contributed by atoms with van der Waals surface area (Å²) >= 11 is 5.59. The lowest BCUT2D eigenvalue weighted by Gasteiger charge is -2.17. The van der Waals surface area contributed by atoms with Crippen molar-refractivity contribution in [1.29, 1.82) is 0 Å². The molecule has 3 nitrogen and oxygen atoms in total. The molecule has 0 saturated carbocycles. The lowest BCUT2D eigenvalue weighted by molar-refractivity contribution is -0.108. The van der Waals surface area contributed by atoms with Crippen molar-refractivity contribution < 1.29 is 14.3 Å². The number of hydrogen-bond donors (Lipinski definition) is 0. The molecule has 1 aromatic rings. The zero-order chi connectivity index (χ0) is 12.8. The Morgan fingerprint density at radius 2 is 2.28 bits per heavy atom. The van der Waals surface area contributed by atoms with Crippen LogP contribution < -0.4 is 9.47 Å². The Morgan fingerprint density at radius 1 is 1.39 bits per heavy atom. The van der Waals surface area contributed by atoms with E-state index < -0.39 is 0 Å². The molecule has 0 radical (unpaired) electrons. The van der Waals surface area contributed by atoms with E-state index in [1.807, 2.05) is 18.2 Å². The number of halogens is 1. The van der Waals surface area contributed by atoms with E-state index in [-0.39, 0.29) is 5.92 Å². The van der Waals surface area contributed by atoms with Gasteiger partial charge in [0.15, 0.2) is 0 Å². The fraction of sp³-hybridized carbons (Fsp3) is 0.357. The molecular weight excluding hydrogens is 252 g/mol. The molecule has 0 spiro atoms. The number of carbonyl (C=O) groups is 1. The van der Waals surface area contributed by atoms with Crippen LogP contribution in [0.1, 0.15) is 24.3 Å². The highest BCUT2D eigenvalue weighted by molar-refractivity contribution is 6.17. The molecular formula is C14H15ClO3. The Hall–Kier alpha value is -1.48. The van der Waals surface area contributed by atoms with Gasteiger partial charge in [0.2, 0.25) is 0 Å². The first-order valence-corrected chi connectivity index (χ1v) is 6.50. The summed E-state index contributed by atoms with van der Waals surface area (Å²) in [5.74, 6) is 1.87. The lowest BCUT2D eigenvalue weighted by Crippen LogP contribution is -2.06. The molecule has 4 heteroatoms. The second-order valence-corrected chi connectivity index (χ2v) is 4.43. The molecule has 0 amide bonds. The van der Waals surface area contributed by atoms with Crippen molar-refractivity contribution in [3.63, 3.8) is 0 Å². The van der Waals surface area contributed by atoms with Crippen molar-refractivity contribution in [1.82, 2.24) is 0 Å². The largest absolute Gasteiger partial charge is 0.493 e. The highest BCUT2D eigenvalue weighted by Gasteiger charge is 2.17. The predicted molar refractivity (Wildman–Crippen MR) is 70.5 cm³/mol. The van der Waals surface area contributed by atoms with Crippen LogP contribution in [0.4, 0.5) is 0 Å². The summed E-state index contributed by atoms with van der Waals surface area (Å²) in [6, 6.07) is 5.55. The molecule has 0 aromatic heterocycles. The standard InChI is InChI=1S/C14H15ClO3/c15-6-1-2-7-17-12-3-4-13-11(10-16)5-8-18-14(13)9-12/h3-5,8-11H,1-2,6-7H2. The molecule has 0 saturated heterocycles. The summed E-state index contributed by atoms with van der Waals surface area (Å²) in [7, 11) is 0. The second kappa shape index (κ2) is 6.45. The molecule has 1 heterocycles. The van der Waals surface area contributed by atoms with Crippen LogP contribution in [0, 0.1) is 0 Å². The first-order valence-electron chi connectivity index (χ1n) is 5.96. The molecule has 1 aliphatic heterocycles. The van der Waals surface area contributed by atoms with Crippen molar-refractivity contribution in [3.05, 3.63) is 36.1 Å². The van der Waals surface area contributed by atoms with Crippen LogP contribution in [0.25, 0.3) is 0 Å². The van der Waals surface area contributed by atoms with Gasteiger partial charge in [-0.25, -0.2) is 0 Å². The summed E-state index contributed by atoms with van der Waals surface area (Å²) in [6.07, 6.45) is 6.05. The number of alkyl halides is 1. The van der Waals surface area contributed by atoms with Gasteiger partial charge in [-0.15, -0.1) is 11.6 Å². The average Bonchev–Trinajstić information content (AvgIpc) is 2.42. The Balaban J connectivity index is 2.02. The topological polar surface area (TPSA) is 35.5 Å². The van der Waals surface area contributed by atoms with E-state index in [1.165, 1.54) is 0 Å². The minimum Gasteiger partial charge on any atom is -0.493 e. The van der Waals surface area contributed by atoms with Gasteiger partial charge in [-0.1, -0.05) is 6.07 Å². The Morgan fingerprint density at radius 3 is 3.06 bits per heavy atom. The number of unbranched alkanes of at least 4 members (excludes halogenated alkanes) is 1. The van der Waals surface area contributed by atoms with E-state index >= 15 is 0 Å². The number of hydrogen-bond acceptors (Lipinski definition) is 3. The number of carbonyl (C=O) groups excluding carboxylic acids is 1. The molecule has 1 aromatic carbocycles. The zero-order valence-corrected chi connectivity index (χ0v) is 10.7. The third-order valence-corrected chi connectivity index (χ3v) is 3.04. The SMILES string of the molecule is O=CC1C=COc2cc(OCCCCCl)ccc21. The molecule has 0 N–H and O–H groups in total. The van der Waals surface area contributed by atoms with Gasteiger partial charge in [0.1, 0.15) is 17.8 Å². The monoisotopic (exact) mass is 266 g/mol. The molecule has 1 aliphatic rings. The highest BCUT2D eigenvalue weighted by atomic mass is 35.5. The Bertz CT molecular complexity index is 443. The van der Waals surface area contributed by atoms with Crippen molar-refractivity contribution >= 4 is 17.9 Å². The van der Waals surface area contributed by atoms with Crippen LogP contribution in [0.3, 0.4) is 0 Å². The van der Waals surface area contributed by atoms with E-state index in [2.05, 4.69) is 0 Å². The van der Waals surface area contributed by atoms with Gasteiger partial charge in [0.05, 0.1) is 18.8 Å². The van der Waals surface area contributed by atoms with E-state index in [1.54, 1.807) is 12.3 Å². The van der Waals surface area contributed by atoms with Gasteiger partial charge in [-0.3, -0.25) is 0 Å². The molecule has 1 atom stereocenters. The van der Waals surface area contributed by atoms with E-state index in [0.29, 0.717) is 18.2 Å². The second-order valence-electron chi connectivity index (χ2n) is 4.05. The third-order valence-electron chi connectivity index (χ3n) is 2.77. The number of benzene rings is 1. The summed E-state index contributed by atoms with van der Waals surface area (Å²) in [4.78, 5) is 10.9. The molecule has 1 unspecified atom stereocenters. The summed E-state index contributed by atoms with van der Waals surface area (Å²) in [5.41, 5.74) is 0.876. The molecule has 2 rings (SSSR count). The van der Waals surface area contributed by atoms with Crippen molar-refractivity contribution in [3.8, 4) is 11.5 Å². The van der Waals surface area contributed by atoms with Crippen molar-refractivity contribution in [2.75, 3.05) is 12.5 Å². The Labute approximate surface area is 111 Å². The maximum Gasteiger partial charge on any atom is 0.134 e. The molecule has 0 fully saturated rings. The fourth-order valence-electron chi connectivity index (χ4n) is 1.79. The van der Waals surface area contributed by atoms with Gasteiger partial charge >= 0.3 is 0 Å². The summed E-state index contributed by atoms with van der Waals surface area (Å²) in [6.45, 7) is 0.637. The maximum absolute atomic E-state index is 10.9. The lowest BCUT2D eigenvalue weighted by atomic mass is 9.98. The van der Waals surface area contributed by atoms with Crippen LogP contribution in [-0.4, -0.2) is 18.8 Å². The minimum absolute atomic E-state index is 0.223. The van der Waals surface area contributed by atoms with Gasteiger partial charge in [0.25, 0.3) is 0 Å². The normalized spacial score (nSPS) is 16.8. The summed E-state index contributed by atoms with van der Waals surface area (Å²) in [5, 5.41) is 0. The average molecular weight is 267 g/mol. The molecule has 18 heavy (non-hydrogen) atoms. The summed E-state index contributed by atoms with van der Waals surface area (Å²) < 4.78 is 11.0. The van der Waals surface area contributed by atoms with Gasteiger partial charge in [-0.2, -0.15) is 0 Å². The van der Waals surface area contributed by atoms with Crippen LogP contribution in [0.5, 0.6) is 11.5 Å². The third kappa shape index (κ3) is 3.05. The molecule has 0 bridgehead atoms. The molecule has 96 valence electrons. The number of fused-ring (bicyclic) bond motifs is 1. The van der Waals surface area contributed by atoms with Gasteiger partial charge < -0.3 is 14.3 Å². The fourth-order valence-corrected chi connectivity index (χ4v) is 1.98. The van der Waals surface area contributed by atoms with Crippen LogP contribution in [0.15, 0.2) is 30.5 Å². The number of rotatable bonds is 6. The van der Waals surface area contributed by atoms with Crippen LogP contribution in [0.2, 0.25) is 0 Å². The van der Waals surface area contributed by atoms with Crippen molar-refractivity contribution in [2.45, 2.75) is 18.8 Å². The first-order chi connectivity index (χ1) is 8.85. The highest BCUT2D eigenvalue weighted by Crippen LogP contribution is 2.33. The van der Waals surface area contributed by atoms with Gasteiger partial charge in [-0.05, 0) is 25.0 Å². The van der Waals surface area contributed by atoms with E-state index in [0.717, 1.165) is 30.4 Å². The number of allylic oxidation sites excluding steroid dienone is 1. The first kappa shape index (κ1) is 13.0. The van der Waals surface area contributed by atoms with Crippen LogP contribution in [-0.2, 0) is 4.79 Å². The number of ether oxygens (including phenoxy) is 2. The number of aldehydes is 1. The van der Waals surface area contributed by atoms with E-state index in [9.17, 15) is 4.79 Å². The van der Waals surface area contributed by atoms with E-state index in [4.69, 9.17) is 21.1 Å². The quantitative estimate of drug-likeness (QED) is 0.450. The Kier molecular flexibility index (Phi) is 4.65. The van der Waals surface area contributed by atoms with Crippen molar-refractivity contribution in [2.24, 2.45) is 0 Å². The zero-order valence-electron chi connectivity index (χ0n) is 9.97. The maximum atomic E-state index is 10.9. The molecule has 0 aliphatic carbocycles. The van der Waals surface area contributed by atoms with Gasteiger partial charge in [0, 0.05) is 17.5 Å².